The molecule has 4 heterocycles. The Morgan fingerprint density at radius 2 is 1.94 bits per heavy atom. The molecule has 3 N–H and O–H groups in total. The van der Waals surface area contributed by atoms with E-state index in [1.807, 2.05) is 17.5 Å². The molecule has 10 heteroatoms. The van der Waals surface area contributed by atoms with Gasteiger partial charge in [-0.25, -0.2) is 19.3 Å². The highest BCUT2D eigenvalue weighted by atomic mass is 32.1. The van der Waals surface area contributed by atoms with E-state index in [0.29, 0.717) is 48.6 Å². The number of anilines is 1. The average Bonchev–Trinajstić information content (AvgIpc) is 3.54. The van der Waals surface area contributed by atoms with Gasteiger partial charge in [-0.2, -0.15) is 0 Å². The fourth-order valence-electron chi connectivity index (χ4n) is 3.47. The highest BCUT2D eigenvalue weighted by Gasteiger charge is 2.27. The fraction of sp³-hybridized carbons (Fsp3) is 0.261. The number of nitrogens with one attached hydrogen (secondary N) is 2. The molecule has 0 unspecified atom stereocenters. The summed E-state index contributed by atoms with van der Waals surface area (Å²) < 4.78 is 25.0. The molecule has 170 valence electrons. The summed E-state index contributed by atoms with van der Waals surface area (Å²) in [4.78, 5) is 18.1. The van der Waals surface area contributed by atoms with Crippen LogP contribution in [0.2, 0.25) is 0 Å². The number of hydrogen-bond donors (Lipinski definition) is 3. The number of nitrogens with zero attached hydrogens (tertiary/aromatic N) is 3. The third kappa shape index (κ3) is 4.93. The van der Waals surface area contributed by atoms with E-state index in [0.717, 1.165) is 5.56 Å². The van der Waals surface area contributed by atoms with Gasteiger partial charge in [0.05, 0.1) is 43.4 Å². The van der Waals surface area contributed by atoms with Crippen molar-refractivity contribution in [3.63, 3.8) is 0 Å². The van der Waals surface area contributed by atoms with Crippen LogP contribution in [0, 0.1) is 11.7 Å². The van der Waals surface area contributed by atoms with Gasteiger partial charge in [0, 0.05) is 22.6 Å². The van der Waals surface area contributed by atoms with E-state index in [1.54, 1.807) is 35.7 Å². The Labute approximate surface area is 193 Å². The first-order valence-electron chi connectivity index (χ1n) is 10.5. The number of thiophene rings is 1. The highest BCUT2D eigenvalue weighted by Crippen LogP contribution is 2.33. The monoisotopic (exact) mass is 467 g/mol. The number of imidazole rings is 1. The third-order valence-corrected chi connectivity index (χ3v) is 6.08. The zero-order valence-corrected chi connectivity index (χ0v) is 18.4. The van der Waals surface area contributed by atoms with Crippen molar-refractivity contribution in [2.24, 2.45) is 5.92 Å². The van der Waals surface area contributed by atoms with Crippen molar-refractivity contribution in [1.29, 1.82) is 0 Å². The SMILES string of the molecule is OCC1COC(c2nc(-c3ccc(F)cc3)c(-c3ccnc(NCc4cccs4)n3)[nH]2)OC1. The zero-order chi connectivity index (χ0) is 22.6. The van der Waals surface area contributed by atoms with Crippen LogP contribution in [-0.4, -0.2) is 44.9 Å². The molecule has 5 rings (SSSR count). The first kappa shape index (κ1) is 21.7. The van der Waals surface area contributed by atoms with Crippen molar-refractivity contribution in [3.8, 4) is 22.6 Å². The third-order valence-electron chi connectivity index (χ3n) is 5.20. The molecule has 0 radical (unpaired) electrons. The number of ether oxygens (including phenoxy) is 2. The lowest BCUT2D eigenvalue weighted by Crippen LogP contribution is -2.29. The second-order valence-electron chi connectivity index (χ2n) is 7.60. The Kier molecular flexibility index (Phi) is 6.40. The van der Waals surface area contributed by atoms with Gasteiger partial charge < -0.3 is 24.9 Å². The molecule has 1 aliphatic rings. The quantitative estimate of drug-likeness (QED) is 0.377. The Bertz CT molecular complexity index is 1190. The summed E-state index contributed by atoms with van der Waals surface area (Å²) in [7, 11) is 0. The number of hydrogen-bond acceptors (Lipinski definition) is 8. The molecule has 1 aromatic carbocycles. The van der Waals surface area contributed by atoms with Crippen molar-refractivity contribution in [2.45, 2.75) is 12.8 Å². The molecule has 0 bridgehead atoms. The molecule has 1 saturated heterocycles. The van der Waals surface area contributed by atoms with Crippen LogP contribution in [0.5, 0.6) is 0 Å². The molecule has 0 atom stereocenters. The maximum Gasteiger partial charge on any atom is 0.223 e. The van der Waals surface area contributed by atoms with Crippen LogP contribution in [0.25, 0.3) is 22.6 Å². The van der Waals surface area contributed by atoms with Gasteiger partial charge in [0.15, 0.2) is 5.82 Å². The minimum Gasteiger partial charge on any atom is -0.396 e. The van der Waals surface area contributed by atoms with Crippen molar-refractivity contribution in [3.05, 3.63) is 70.6 Å². The van der Waals surface area contributed by atoms with Gasteiger partial charge in [-0.3, -0.25) is 0 Å². The smallest absolute Gasteiger partial charge is 0.223 e. The molecular weight excluding hydrogens is 445 g/mol. The number of halogens is 1. The van der Waals surface area contributed by atoms with E-state index in [4.69, 9.17) is 14.5 Å². The molecule has 4 aromatic rings. The average molecular weight is 468 g/mol. The minimum atomic E-state index is -0.695. The summed E-state index contributed by atoms with van der Waals surface area (Å²) >= 11 is 1.66. The zero-order valence-electron chi connectivity index (χ0n) is 17.6. The minimum absolute atomic E-state index is 0.000855. The fourth-order valence-corrected chi connectivity index (χ4v) is 4.12. The van der Waals surface area contributed by atoms with E-state index in [2.05, 4.69) is 20.3 Å². The van der Waals surface area contributed by atoms with Crippen molar-refractivity contribution in [1.82, 2.24) is 19.9 Å². The van der Waals surface area contributed by atoms with Crippen molar-refractivity contribution >= 4 is 17.3 Å². The summed E-state index contributed by atoms with van der Waals surface area (Å²) in [6, 6.07) is 11.9. The Morgan fingerprint density at radius 3 is 2.67 bits per heavy atom. The van der Waals surface area contributed by atoms with Gasteiger partial charge >= 0.3 is 0 Å². The first-order chi connectivity index (χ1) is 16.2. The van der Waals surface area contributed by atoms with E-state index >= 15 is 0 Å². The predicted octanol–water partition coefficient (Wildman–Crippen LogP) is 4.00. The van der Waals surface area contributed by atoms with Crippen LogP contribution < -0.4 is 5.32 Å². The van der Waals surface area contributed by atoms with Crippen LogP contribution >= 0.6 is 11.3 Å². The van der Waals surface area contributed by atoms with E-state index in [-0.39, 0.29) is 18.3 Å². The Balaban J connectivity index is 1.47. The standard InChI is InChI=1S/C23H22FN5O3S/c24-16-5-3-15(4-6-16)19-20(29-21(28-19)22-31-12-14(11-30)13-32-22)18-7-8-25-23(27-18)26-10-17-2-1-9-33-17/h1-9,14,22,30H,10-13H2,(H,28,29)(H,25,26,27). The summed E-state index contributed by atoms with van der Waals surface area (Å²) in [5.74, 6) is 0.573. The van der Waals surface area contributed by atoms with Gasteiger partial charge in [0.25, 0.3) is 0 Å². The molecule has 0 saturated carbocycles. The molecule has 1 aliphatic heterocycles. The molecule has 0 spiro atoms. The second kappa shape index (κ2) is 9.75. The predicted molar refractivity (Wildman–Crippen MR) is 122 cm³/mol. The number of H-pyrrole nitrogens is 1. The molecule has 0 aliphatic carbocycles. The lowest BCUT2D eigenvalue weighted by Gasteiger charge is -2.26. The number of aliphatic hydroxyl groups excluding tert-OH is 1. The van der Waals surface area contributed by atoms with Gasteiger partial charge in [-0.15, -0.1) is 11.3 Å². The van der Waals surface area contributed by atoms with Gasteiger partial charge in [-0.05, 0) is 41.8 Å². The molecule has 1 fully saturated rings. The van der Waals surface area contributed by atoms with Crippen LogP contribution in [-0.2, 0) is 16.0 Å². The Hall–Kier alpha value is -3.18. The van der Waals surface area contributed by atoms with Crippen molar-refractivity contribution < 1.29 is 19.0 Å². The van der Waals surface area contributed by atoms with Gasteiger partial charge in [0.2, 0.25) is 12.2 Å². The second-order valence-corrected chi connectivity index (χ2v) is 8.63. The van der Waals surface area contributed by atoms with E-state index < -0.39 is 6.29 Å². The number of rotatable bonds is 7. The maximum absolute atomic E-state index is 13.5. The summed E-state index contributed by atoms with van der Waals surface area (Å²) in [6.45, 7) is 1.36. The molecule has 8 nitrogen and oxygen atoms in total. The maximum atomic E-state index is 13.5. The van der Waals surface area contributed by atoms with E-state index in [9.17, 15) is 9.50 Å². The largest absolute Gasteiger partial charge is 0.396 e. The van der Waals surface area contributed by atoms with Crippen LogP contribution in [0.15, 0.2) is 54.0 Å². The molecule has 3 aromatic heterocycles. The van der Waals surface area contributed by atoms with Crippen LogP contribution in [0.3, 0.4) is 0 Å². The molecule has 33 heavy (non-hydrogen) atoms. The van der Waals surface area contributed by atoms with Gasteiger partial charge in [-0.1, -0.05) is 6.07 Å². The number of benzene rings is 1. The lowest BCUT2D eigenvalue weighted by molar-refractivity contribution is -0.213. The summed E-state index contributed by atoms with van der Waals surface area (Å²) in [5, 5.41) is 14.6. The summed E-state index contributed by atoms with van der Waals surface area (Å²) in [6.07, 6.45) is 0.979. The number of aromatic nitrogens is 4. The van der Waals surface area contributed by atoms with Crippen molar-refractivity contribution in [2.75, 3.05) is 25.1 Å². The molecule has 0 amide bonds. The summed E-state index contributed by atoms with van der Waals surface area (Å²) in [5.41, 5.74) is 2.60. The topological polar surface area (TPSA) is 105 Å². The van der Waals surface area contributed by atoms with Crippen LogP contribution in [0.4, 0.5) is 10.3 Å². The molecular formula is C23H22FN5O3S. The number of aromatic amines is 1. The normalized spacial score (nSPS) is 18.4. The highest BCUT2D eigenvalue weighted by molar-refractivity contribution is 7.09. The van der Waals surface area contributed by atoms with Gasteiger partial charge in [0.1, 0.15) is 5.82 Å². The first-order valence-corrected chi connectivity index (χ1v) is 11.4. The Morgan fingerprint density at radius 1 is 1.12 bits per heavy atom. The lowest BCUT2D eigenvalue weighted by atomic mass is 10.1. The number of aliphatic hydroxyl groups is 1. The van der Waals surface area contributed by atoms with E-state index in [1.165, 1.54) is 17.0 Å². The van der Waals surface area contributed by atoms with Crippen LogP contribution in [0.1, 0.15) is 17.0 Å².